The van der Waals surface area contributed by atoms with Crippen LogP contribution >= 0.6 is 11.6 Å². The molecule has 2 atom stereocenters. The Morgan fingerprint density at radius 1 is 1.29 bits per heavy atom. The Morgan fingerprint density at radius 3 is 2.41 bits per heavy atom. The van der Waals surface area contributed by atoms with Crippen LogP contribution < -0.4 is 5.32 Å². The fourth-order valence-electron chi connectivity index (χ4n) is 2.14. The van der Waals surface area contributed by atoms with Crippen molar-refractivity contribution in [3.8, 4) is 0 Å². The minimum absolute atomic E-state index is 0.120. The number of rotatable bonds is 6. The summed E-state index contributed by atoms with van der Waals surface area (Å²) < 4.78 is 5.61. The summed E-state index contributed by atoms with van der Waals surface area (Å²) in [5.41, 5.74) is 1.11. The number of methoxy groups -OCH3 is 1. The maximum atomic E-state index is 6.26. The molecule has 0 bridgehead atoms. The minimum atomic E-state index is 0.120. The van der Waals surface area contributed by atoms with Crippen molar-refractivity contribution in [3.05, 3.63) is 34.9 Å². The summed E-state index contributed by atoms with van der Waals surface area (Å²) in [5.74, 6) is 0.431. The predicted octanol–water partition coefficient (Wildman–Crippen LogP) is 3.66. The number of nitrogens with one attached hydrogen (secondary N) is 1. The lowest BCUT2D eigenvalue weighted by atomic mass is 9.93. The summed E-state index contributed by atoms with van der Waals surface area (Å²) in [4.78, 5) is 0. The molecule has 1 aromatic carbocycles. The van der Waals surface area contributed by atoms with Crippen molar-refractivity contribution in [1.82, 2.24) is 5.32 Å². The first-order valence-electron chi connectivity index (χ1n) is 6.12. The Hall–Kier alpha value is -0.570. The van der Waals surface area contributed by atoms with Crippen molar-refractivity contribution >= 4 is 11.6 Å². The van der Waals surface area contributed by atoms with Gasteiger partial charge in [0.2, 0.25) is 0 Å². The molecular weight excluding hydrogens is 234 g/mol. The Bertz CT molecular complexity index is 341. The van der Waals surface area contributed by atoms with Crippen molar-refractivity contribution in [2.24, 2.45) is 5.92 Å². The van der Waals surface area contributed by atoms with Crippen molar-refractivity contribution in [2.45, 2.75) is 32.9 Å². The Kier molecular flexibility index (Phi) is 5.96. The van der Waals surface area contributed by atoms with Crippen LogP contribution in [0.15, 0.2) is 24.3 Å². The monoisotopic (exact) mass is 255 g/mol. The van der Waals surface area contributed by atoms with Crippen LogP contribution in [0.5, 0.6) is 0 Å². The van der Waals surface area contributed by atoms with Crippen LogP contribution in [0.3, 0.4) is 0 Å². The number of ether oxygens (including phenoxy) is 1. The van der Waals surface area contributed by atoms with Gasteiger partial charge in [0.1, 0.15) is 0 Å². The van der Waals surface area contributed by atoms with Gasteiger partial charge in [-0.15, -0.1) is 0 Å². The van der Waals surface area contributed by atoms with Crippen molar-refractivity contribution in [2.75, 3.05) is 13.7 Å². The highest BCUT2D eigenvalue weighted by Gasteiger charge is 2.26. The average Bonchev–Trinajstić information content (AvgIpc) is 2.29. The van der Waals surface area contributed by atoms with E-state index in [0.717, 1.165) is 17.1 Å². The standard InChI is InChI=1S/C14H22ClNO/c1-5-16-13(14(17-4)10(2)3)11-8-6-7-9-12(11)15/h6-10,13-14,16H,5H2,1-4H3. The largest absolute Gasteiger partial charge is 0.379 e. The molecule has 96 valence electrons. The molecule has 2 unspecified atom stereocenters. The third-order valence-corrected chi connectivity index (χ3v) is 3.27. The molecular formula is C14H22ClNO. The molecule has 1 N–H and O–H groups in total. The van der Waals surface area contributed by atoms with Crippen LogP contribution in [-0.4, -0.2) is 19.8 Å². The second-order valence-corrected chi connectivity index (χ2v) is 4.91. The van der Waals surface area contributed by atoms with Crippen LogP contribution in [0, 0.1) is 5.92 Å². The van der Waals surface area contributed by atoms with E-state index in [4.69, 9.17) is 16.3 Å². The van der Waals surface area contributed by atoms with Gasteiger partial charge >= 0.3 is 0 Å². The Morgan fingerprint density at radius 2 is 1.94 bits per heavy atom. The van der Waals surface area contributed by atoms with Crippen molar-refractivity contribution in [3.63, 3.8) is 0 Å². The zero-order valence-electron chi connectivity index (χ0n) is 11.0. The fraction of sp³-hybridized carbons (Fsp3) is 0.571. The molecule has 0 saturated carbocycles. The number of hydrogen-bond donors (Lipinski definition) is 1. The molecule has 0 amide bonds. The molecule has 3 heteroatoms. The molecule has 2 nitrogen and oxygen atoms in total. The van der Waals surface area contributed by atoms with E-state index in [9.17, 15) is 0 Å². The van der Waals surface area contributed by atoms with Crippen LogP contribution in [-0.2, 0) is 4.74 Å². The van der Waals surface area contributed by atoms with Crippen molar-refractivity contribution < 1.29 is 4.74 Å². The molecule has 17 heavy (non-hydrogen) atoms. The van der Waals surface area contributed by atoms with E-state index < -0.39 is 0 Å². The normalized spacial score (nSPS) is 14.9. The van der Waals surface area contributed by atoms with Gasteiger partial charge in [-0.3, -0.25) is 0 Å². The second kappa shape index (κ2) is 7.00. The molecule has 0 radical (unpaired) electrons. The van der Waals surface area contributed by atoms with E-state index >= 15 is 0 Å². The highest BCUT2D eigenvalue weighted by molar-refractivity contribution is 6.31. The van der Waals surface area contributed by atoms with Gasteiger partial charge in [0.05, 0.1) is 12.1 Å². The summed E-state index contributed by atoms with van der Waals surface area (Å²) in [6.45, 7) is 7.31. The predicted molar refractivity (Wildman–Crippen MR) is 73.5 cm³/mol. The van der Waals surface area contributed by atoms with Gasteiger partial charge in [-0.05, 0) is 24.1 Å². The molecule has 0 heterocycles. The lowest BCUT2D eigenvalue weighted by Crippen LogP contribution is -2.36. The third kappa shape index (κ3) is 3.70. The summed E-state index contributed by atoms with van der Waals surface area (Å²) in [6.07, 6.45) is 0.120. The highest BCUT2D eigenvalue weighted by atomic mass is 35.5. The first-order chi connectivity index (χ1) is 8.11. The van der Waals surface area contributed by atoms with Gasteiger partial charge < -0.3 is 10.1 Å². The summed E-state index contributed by atoms with van der Waals surface area (Å²) >= 11 is 6.26. The van der Waals surface area contributed by atoms with E-state index in [-0.39, 0.29) is 12.1 Å². The minimum Gasteiger partial charge on any atom is -0.379 e. The van der Waals surface area contributed by atoms with Crippen molar-refractivity contribution in [1.29, 1.82) is 0 Å². The van der Waals surface area contributed by atoms with E-state index in [1.165, 1.54) is 0 Å². The zero-order chi connectivity index (χ0) is 12.8. The number of likely N-dealkylation sites (N-methyl/N-ethyl adjacent to an activating group) is 1. The Balaban J connectivity index is 3.03. The Labute approximate surface area is 109 Å². The summed E-state index contributed by atoms with van der Waals surface area (Å²) in [5, 5.41) is 4.26. The number of halogens is 1. The van der Waals surface area contributed by atoms with Gasteiger partial charge in [-0.2, -0.15) is 0 Å². The lowest BCUT2D eigenvalue weighted by Gasteiger charge is -2.30. The molecule has 0 aromatic heterocycles. The highest BCUT2D eigenvalue weighted by Crippen LogP contribution is 2.29. The van der Waals surface area contributed by atoms with Crippen LogP contribution in [0.25, 0.3) is 0 Å². The molecule has 0 aliphatic heterocycles. The maximum Gasteiger partial charge on any atom is 0.0789 e. The molecule has 0 aliphatic rings. The number of hydrogen-bond acceptors (Lipinski definition) is 2. The van der Waals surface area contributed by atoms with Gasteiger partial charge in [-0.1, -0.05) is 50.6 Å². The van der Waals surface area contributed by atoms with Crippen LogP contribution in [0.2, 0.25) is 5.02 Å². The van der Waals surface area contributed by atoms with Crippen LogP contribution in [0.4, 0.5) is 0 Å². The second-order valence-electron chi connectivity index (χ2n) is 4.50. The molecule has 0 spiro atoms. The summed E-state index contributed by atoms with van der Waals surface area (Å²) in [6, 6.07) is 8.09. The van der Waals surface area contributed by atoms with Gasteiger partial charge in [-0.25, -0.2) is 0 Å². The van der Waals surface area contributed by atoms with Gasteiger partial charge in [0, 0.05) is 12.1 Å². The van der Waals surface area contributed by atoms with E-state index in [1.807, 2.05) is 18.2 Å². The van der Waals surface area contributed by atoms with Gasteiger partial charge in [0.25, 0.3) is 0 Å². The first-order valence-corrected chi connectivity index (χ1v) is 6.50. The third-order valence-electron chi connectivity index (χ3n) is 2.92. The molecule has 0 aliphatic carbocycles. The molecule has 1 aromatic rings. The first kappa shape index (κ1) is 14.5. The zero-order valence-corrected chi connectivity index (χ0v) is 11.8. The smallest absolute Gasteiger partial charge is 0.0789 e. The molecule has 1 rings (SSSR count). The SMILES string of the molecule is CCNC(c1ccccc1Cl)C(OC)C(C)C. The van der Waals surface area contributed by atoms with E-state index in [2.05, 4.69) is 32.2 Å². The quantitative estimate of drug-likeness (QED) is 0.838. The number of benzene rings is 1. The average molecular weight is 256 g/mol. The lowest BCUT2D eigenvalue weighted by molar-refractivity contribution is 0.0331. The van der Waals surface area contributed by atoms with E-state index in [0.29, 0.717) is 5.92 Å². The summed E-state index contributed by atoms with van der Waals surface area (Å²) in [7, 11) is 1.76. The van der Waals surface area contributed by atoms with Gasteiger partial charge in [0.15, 0.2) is 0 Å². The fourth-order valence-corrected chi connectivity index (χ4v) is 2.40. The topological polar surface area (TPSA) is 21.3 Å². The molecule has 0 fully saturated rings. The van der Waals surface area contributed by atoms with Crippen LogP contribution in [0.1, 0.15) is 32.4 Å². The molecule has 0 saturated heterocycles. The maximum absolute atomic E-state index is 6.26. The van der Waals surface area contributed by atoms with E-state index in [1.54, 1.807) is 7.11 Å².